The number of nitrogens with zero attached hydrogens (tertiary/aromatic N) is 1. The maximum atomic E-state index is 13.7. The minimum atomic E-state index is -4.72. The van der Waals surface area contributed by atoms with Crippen molar-refractivity contribution < 1.29 is 40.6 Å². The molecular weight excluding hydrogens is 465 g/mol. The van der Waals surface area contributed by atoms with E-state index >= 15 is 0 Å². The van der Waals surface area contributed by atoms with E-state index in [-0.39, 0.29) is 41.2 Å². The fraction of sp³-hybridized carbons (Fsp3) is 0.286. The average molecular weight is 484 g/mol. The number of halogens is 3. The summed E-state index contributed by atoms with van der Waals surface area (Å²) in [5.74, 6) is 0.0296. The van der Waals surface area contributed by atoms with Crippen molar-refractivity contribution in [2.45, 2.75) is 17.6 Å². The number of nitrogens with one attached hydrogen (secondary N) is 1. The molecule has 2 N–H and O–H groups in total. The number of amides is 1. The van der Waals surface area contributed by atoms with Crippen molar-refractivity contribution in [1.29, 1.82) is 0 Å². The van der Waals surface area contributed by atoms with E-state index in [2.05, 4.69) is 0 Å². The second kappa shape index (κ2) is 8.69. The van der Waals surface area contributed by atoms with Crippen molar-refractivity contribution in [1.82, 2.24) is 9.62 Å². The topological polar surface area (TPSA) is 109 Å². The van der Waals surface area contributed by atoms with E-state index in [0.717, 1.165) is 6.07 Å². The quantitative estimate of drug-likeness (QED) is 0.569. The van der Waals surface area contributed by atoms with Crippen LogP contribution in [0.1, 0.15) is 11.3 Å². The van der Waals surface area contributed by atoms with E-state index in [4.69, 9.17) is 14.3 Å². The zero-order chi connectivity index (χ0) is 23.8. The van der Waals surface area contributed by atoms with Gasteiger partial charge in [0.15, 0.2) is 0 Å². The molecule has 1 saturated heterocycles. The highest BCUT2D eigenvalue weighted by atomic mass is 32.2. The average Bonchev–Trinajstić information content (AvgIpc) is 3.20. The summed E-state index contributed by atoms with van der Waals surface area (Å²) in [4.78, 5) is 10.7. The van der Waals surface area contributed by atoms with Crippen LogP contribution in [-0.4, -0.2) is 50.2 Å². The first kappa shape index (κ1) is 23.1. The zero-order valence-electron chi connectivity index (χ0n) is 17.1. The number of carboxylic acid groups (broad SMARTS) is 1. The second-order valence-electron chi connectivity index (χ2n) is 7.35. The number of rotatable bonds is 5. The van der Waals surface area contributed by atoms with Gasteiger partial charge in [0.2, 0.25) is 10.0 Å². The Kier molecular flexibility index (Phi) is 6.08. The summed E-state index contributed by atoms with van der Waals surface area (Å²) in [5, 5.41) is 10.9. The third-order valence-corrected chi connectivity index (χ3v) is 7.09. The Bertz CT molecular complexity index is 1280. The van der Waals surface area contributed by atoms with Crippen molar-refractivity contribution in [2.75, 3.05) is 26.3 Å². The van der Waals surface area contributed by atoms with Gasteiger partial charge in [-0.25, -0.2) is 13.2 Å². The summed E-state index contributed by atoms with van der Waals surface area (Å²) in [6.07, 6.45) is -6.05. The number of sulfonamides is 1. The monoisotopic (exact) mass is 484 g/mol. The number of fused-ring (bicyclic) bond motifs is 1. The third kappa shape index (κ3) is 4.82. The fourth-order valence-electron chi connectivity index (χ4n) is 3.59. The summed E-state index contributed by atoms with van der Waals surface area (Å²) in [7, 11) is -3.73. The highest BCUT2D eigenvalue weighted by molar-refractivity contribution is 7.89. The van der Waals surface area contributed by atoms with Gasteiger partial charge < -0.3 is 19.6 Å². The summed E-state index contributed by atoms with van der Waals surface area (Å²) in [5.41, 5.74) is -0.819. The molecule has 0 bridgehead atoms. The van der Waals surface area contributed by atoms with E-state index in [9.17, 15) is 26.4 Å². The minimum absolute atomic E-state index is 0.0296. The summed E-state index contributed by atoms with van der Waals surface area (Å²) >= 11 is 0. The van der Waals surface area contributed by atoms with Gasteiger partial charge in [-0.1, -0.05) is 12.1 Å². The van der Waals surface area contributed by atoms with E-state index in [1.54, 1.807) is 0 Å². The van der Waals surface area contributed by atoms with Crippen LogP contribution in [0.4, 0.5) is 18.0 Å². The van der Waals surface area contributed by atoms with Crippen LogP contribution in [0.15, 0.2) is 51.8 Å². The number of hydrogen-bond acceptors (Lipinski definition) is 5. The highest BCUT2D eigenvalue weighted by Gasteiger charge is 2.35. The first-order chi connectivity index (χ1) is 15.6. The lowest BCUT2D eigenvalue weighted by Gasteiger charge is -2.26. The molecular formula is C21H19F3N2O6S. The SMILES string of the molecule is O=C(O)NCc1cc2cc(-c3ccc(S(=O)(=O)N4CCOCC4)cc3)cc(C(F)(F)F)c2o1. The first-order valence-corrected chi connectivity index (χ1v) is 11.3. The van der Waals surface area contributed by atoms with Gasteiger partial charge in [-0.05, 0) is 41.5 Å². The van der Waals surface area contributed by atoms with Gasteiger partial charge in [-0.3, -0.25) is 0 Å². The van der Waals surface area contributed by atoms with Crippen LogP contribution in [-0.2, 0) is 27.5 Å². The van der Waals surface area contributed by atoms with Crippen LogP contribution in [0.3, 0.4) is 0 Å². The number of furan rings is 1. The molecule has 1 aliphatic heterocycles. The van der Waals surface area contributed by atoms with Crippen molar-refractivity contribution in [3.05, 3.63) is 53.8 Å². The van der Waals surface area contributed by atoms with Gasteiger partial charge in [0, 0.05) is 18.5 Å². The number of morpholine rings is 1. The Labute approximate surface area is 186 Å². The van der Waals surface area contributed by atoms with Crippen molar-refractivity contribution >= 4 is 27.1 Å². The van der Waals surface area contributed by atoms with Crippen molar-refractivity contribution in [2.24, 2.45) is 0 Å². The van der Waals surface area contributed by atoms with E-state index in [0.29, 0.717) is 18.8 Å². The Balaban J connectivity index is 1.70. The lowest BCUT2D eigenvalue weighted by atomic mass is 10.0. The molecule has 0 spiro atoms. The van der Waals surface area contributed by atoms with Crippen molar-refractivity contribution in [3.8, 4) is 11.1 Å². The van der Waals surface area contributed by atoms with Crippen molar-refractivity contribution in [3.63, 3.8) is 0 Å². The number of benzene rings is 2. The van der Waals surface area contributed by atoms with Gasteiger partial charge >= 0.3 is 12.3 Å². The minimum Gasteiger partial charge on any atom is -0.465 e. The molecule has 4 rings (SSSR count). The highest BCUT2D eigenvalue weighted by Crippen LogP contribution is 2.39. The molecule has 0 radical (unpaired) electrons. The smallest absolute Gasteiger partial charge is 0.420 e. The second-order valence-corrected chi connectivity index (χ2v) is 9.29. The predicted octanol–water partition coefficient (Wildman–Crippen LogP) is 3.91. The summed E-state index contributed by atoms with van der Waals surface area (Å²) in [6, 6.07) is 9.34. The largest absolute Gasteiger partial charge is 0.465 e. The summed E-state index contributed by atoms with van der Waals surface area (Å²) < 4.78 is 78.4. The summed E-state index contributed by atoms with van der Waals surface area (Å²) in [6.45, 7) is 0.772. The molecule has 0 saturated carbocycles. The molecule has 0 atom stereocenters. The van der Waals surface area contributed by atoms with E-state index < -0.39 is 33.4 Å². The number of alkyl halides is 3. The standard InChI is InChI=1S/C21H19F3N2O6S/c22-21(23,24)18-11-14(9-15-10-16(32-19(15)18)12-25-20(27)28)13-1-3-17(4-2-13)33(29,30)26-5-7-31-8-6-26/h1-4,9-11,25H,5-8,12H2,(H,27,28). The Morgan fingerprint density at radius 3 is 2.33 bits per heavy atom. The van der Waals surface area contributed by atoms with Crippen LogP contribution in [0.2, 0.25) is 0 Å². The maximum absolute atomic E-state index is 13.7. The lowest BCUT2D eigenvalue weighted by Crippen LogP contribution is -2.40. The van der Waals surface area contributed by atoms with Gasteiger partial charge in [0.05, 0.1) is 30.2 Å². The molecule has 2 heterocycles. The van der Waals surface area contributed by atoms with Crippen LogP contribution < -0.4 is 5.32 Å². The lowest BCUT2D eigenvalue weighted by molar-refractivity contribution is -0.136. The van der Waals surface area contributed by atoms with Crippen LogP contribution in [0.5, 0.6) is 0 Å². The molecule has 0 aliphatic carbocycles. The van der Waals surface area contributed by atoms with Gasteiger partial charge in [0.25, 0.3) is 0 Å². The van der Waals surface area contributed by atoms with Crippen LogP contribution in [0, 0.1) is 0 Å². The Morgan fingerprint density at radius 1 is 1.06 bits per heavy atom. The Hall–Kier alpha value is -3.09. The molecule has 2 aromatic carbocycles. The fourth-order valence-corrected chi connectivity index (χ4v) is 5.00. The van der Waals surface area contributed by atoms with E-state index in [1.165, 1.54) is 40.7 Å². The molecule has 0 unspecified atom stereocenters. The molecule has 176 valence electrons. The normalized spacial score (nSPS) is 15.6. The van der Waals surface area contributed by atoms with Crippen LogP contribution in [0.25, 0.3) is 22.1 Å². The van der Waals surface area contributed by atoms with Crippen LogP contribution >= 0.6 is 0 Å². The number of carbonyl (C=O) groups is 1. The zero-order valence-corrected chi connectivity index (χ0v) is 17.9. The van der Waals surface area contributed by atoms with Gasteiger partial charge in [-0.15, -0.1) is 0 Å². The predicted molar refractivity (Wildman–Crippen MR) is 111 cm³/mol. The maximum Gasteiger partial charge on any atom is 0.420 e. The molecule has 1 aliphatic rings. The number of ether oxygens (including phenoxy) is 1. The first-order valence-electron chi connectivity index (χ1n) is 9.84. The Morgan fingerprint density at radius 2 is 1.73 bits per heavy atom. The molecule has 1 fully saturated rings. The van der Waals surface area contributed by atoms with E-state index in [1.807, 2.05) is 5.32 Å². The van der Waals surface area contributed by atoms with Gasteiger partial charge in [-0.2, -0.15) is 17.5 Å². The molecule has 33 heavy (non-hydrogen) atoms. The van der Waals surface area contributed by atoms with Gasteiger partial charge in [0.1, 0.15) is 11.3 Å². The number of hydrogen-bond donors (Lipinski definition) is 2. The molecule has 1 amide bonds. The molecule has 12 heteroatoms. The third-order valence-electron chi connectivity index (χ3n) is 5.18. The molecule has 3 aromatic rings. The molecule has 8 nitrogen and oxygen atoms in total. The molecule has 1 aromatic heterocycles.